The van der Waals surface area contributed by atoms with Gasteiger partial charge in [-0.15, -0.1) is 0 Å². The Kier molecular flexibility index (Phi) is 7.41. The molecule has 0 aliphatic heterocycles. The summed E-state index contributed by atoms with van der Waals surface area (Å²) in [6, 6.07) is 8.45. The molecule has 0 aliphatic carbocycles. The van der Waals surface area contributed by atoms with Crippen LogP contribution in [0.4, 0.5) is 0 Å². The first-order valence-electron chi connectivity index (χ1n) is 6.35. The molecule has 0 radical (unpaired) electrons. The molecule has 3 N–H and O–H groups in total. The topological polar surface area (TPSA) is 56.5 Å². The molecule has 1 unspecified atom stereocenters. The van der Waals surface area contributed by atoms with Crippen molar-refractivity contribution < 1.29 is 9.47 Å². The maximum absolute atomic E-state index is 5.53. The highest BCUT2D eigenvalue weighted by molar-refractivity contribution is 5.27. The summed E-state index contributed by atoms with van der Waals surface area (Å²) in [6.45, 7) is 2.28. The number of hydrogen-bond acceptors (Lipinski definition) is 4. The normalized spacial score (nSPS) is 12.4. The zero-order valence-corrected chi connectivity index (χ0v) is 11.3. The van der Waals surface area contributed by atoms with Gasteiger partial charge in [-0.1, -0.05) is 12.1 Å². The van der Waals surface area contributed by atoms with E-state index in [9.17, 15) is 0 Å². The molecule has 1 rings (SSSR count). The zero-order valence-electron chi connectivity index (χ0n) is 11.3. The van der Waals surface area contributed by atoms with Crippen molar-refractivity contribution in [2.24, 2.45) is 5.73 Å². The molecule has 4 nitrogen and oxygen atoms in total. The monoisotopic (exact) mass is 252 g/mol. The fraction of sp³-hybridized carbons (Fsp3) is 0.571. The van der Waals surface area contributed by atoms with Crippen LogP contribution in [0.2, 0.25) is 0 Å². The summed E-state index contributed by atoms with van der Waals surface area (Å²) in [5.41, 5.74) is 6.77. The summed E-state index contributed by atoms with van der Waals surface area (Å²) in [6.07, 6.45) is 2.06. The van der Waals surface area contributed by atoms with Crippen molar-refractivity contribution in [1.82, 2.24) is 5.32 Å². The summed E-state index contributed by atoms with van der Waals surface area (Å²) >= 11 is 0. The van der Waals surface area contributed by atoms with Crippen LogP contribution in [0.1, 0.15) is 18.4 Å². The lowest BCUT2D eigenvalue weighted by molar-refractivity contribution is 0.161. The van der Waals surface area contributed by atoms with Crippen LogP contribution in [0, 0.1) is 0 Å². The van der Waals surface area contributed by atoms with E-state index in [-0.39, 0.29) is 0 Å². The second-order valence-corrected chi connectivity index (χ2v) is 4.31. The van der Waals surface area contributed by atoms with Crippen LogP contribution in [0.25, 0.3) is 0 Å². The molecule has 0 amide bonds. The van der Waals surface area contributed by atoms with Crippen molar-refractivity contribution >= 4 is 0 Å². The number of ether oxygens (including phenoxy) is 2. The van der Waals surface area contributed by atoms with Gasteiger partial charge >= 0.3 is 0 Å². The van der Waals surface area contributed by atoms with Crippen LogP contribution in [0.15, 0.2) is 24.3 Å². The average Bonchev–Trinajstić information content (AvgIpc) is 2.42. The van der Waals surface area contributed by atoms with E-state index in [1.165, 1.54) is 5.56 Å². The third-order valence-corrected chi connectivity index (χ3v) is 2.88. The minimum absolute atomic E-state index is 0.362. The predicted octanol–water partition coefficient (Wildman–Crippen LogP) is 1.54. The van der Waals surface area contributed by atoms with Gasteiger partial charge in [0, 0.05) is 19.7 Å². The van der Waals surface area contributed by atoms with Gasteiger partial charge in [-0.05, 0) is 37.1 Å². The van der Waals surface area contributed by atoms with Gasteiger partial charge in [0.25, 0.3) is 0 Å². The second kappa shape index (κ2) is 8.91. The largest absolute Gasteiger partial charge is 0.497 e. The van der Waals surface area contributed by atoms with Crippen LogP contribution in [0.3, 0.4) is 0 Å². The second-order valence-electron chi connectivity index (χ2n) is 4.31. The van der Waals surface area contributed by atoms with Gasteiger partial charge in [0.2, 0.25) is 0 Å². The van der Waals surface area contributed by atoms with Gasteiger partial charge in [-0.3, -0.25) is 0 Å². The minimum atomic E-state index is 0.362. The van der Waals surface area contributed by atoms with Gasteiger partial charge in [0.05, 0.1) is 13.7 Å². The maximum Gasteiger partial charge on any atom is 0.118 e. The van der Waals surface area contributed by atoms with Crippen molar-refractivity contribution in [2.75, 3.05) is 27.4 Å². The first-order valence-corrected chi connectivity index (χ1v) is 6.35. The Balaban J connectivity index is 2.39. The maximum atomic E-state index is 5.53. The van der Waals surface area contributed by atoms with E-state index >= 15 is 0 Å². The Morgan fingerprint density at radius 2 is 1.94 bits per heavy atom. The van der Waals surface area contributed by atoms with Crippen LogP contribution >= 0.6 is 0 Å². The quantitative estimate of drug-likeness (QED) is 0.700. The zero-order chi connectivity index (χ0) is 13.2. The minimum Gasteiger partial charge on any atom is -0.497 e. The Hall–Kier alpha value is -1.10. The molecule has 1 aromatic rings. The molecule has 0 aliphatic rings. The number of benzene rings is 1. The first-order chi connectivity index (χ1) is 8.80. The highest BCUT2D eigenvalue weighted by Gasteiger charge is 2.07. The molecular formula is C14H24N2O2. The van der Waals surface area contributed by atoms with Gasteiger partial charge in [-0.25, -0.2) is 0 Å². The Labute approximate surface area is 109 Å². The average molecular weight is 252 g/mol. The predicted molar refractivity (Wildman–Crippen MR) is 73.8 cm³/mol. The van der Waals surface area contributed by atoms with E-state index in [1.54, 1.807) is 14.2 Å². The summed E-state index contributed by atoms with van der Waals surface area (Å²) in [7, 11) is 3.40. The summed E-state index contributed by atoms with van der Waals surface area (Å²) in [5.74, 6) is 0.885. The van der Waals surface area contributed by atoms with Gasteiger partial charge in [0.15, 0.2) is 0 Å². The van der Waals surface area contributed by atoms with Crippen molar-refractivity contribution in [3.05, 3.63) is 29.8 Å². The molecular weight excluding hydrogens is 228 g/mol. The van der Waals surface area contributed by atoms with Crippen LogP contribution in [-0.4, -0.2) is 33.4 Å². The lowest BCUT2D eigenvalue weighted by Crippen LogP contribution is -2.33. The molecule has 18 heavy (non-hydrogen) atoms. The van der Waals surface area contributed by atoms with E-state index in [0.29, 0.717) is 6.04 Å². The van der Waals surface area contributed by atoms with Crippen LogP contribution in [0.5, 0.6) is 5.75 Å². The summed E-state index contributed by atoms with van der Waals surface area (Å²) in [4.78, 5) is 0. The molecule has 1 atom stereocenters. The van der Waals surface area contributed by atoms with Crippen molar-refractivity contribution in [3.8, 4) is 5.75 Å². The third kappa shape index (κ3) is 5.49. The fourth-order valence-electron chi connectivity index (χ4n) is 1.82. The molecule has 0 bridgehead atoms. The smallest absolute Gasteiger partial charge is 0.118 e. The molecule has 0 spiro atoms. The van der Waals surface area contributed by atoms with E-state index in [4.69, 9.17) is 15.2 Å². The van der Waals surface area contributed by atoms with Gasteiger partial charge < -0.3 is 20.5 Å². The molecule has 0 saturated heterocycles. The number of methoxy groups -OCH3 is 2. The molecule has 1 aromatic carbocycles. The van der Waals surface area contributed by atoms with Crippen LogP contribution < -0.4 is 15.8 Å². The first kappa shape index (κ1) is 15.0. The lowest BCUT2D eigenvalue weighted by atomic mass is 10.1. The molecule has 0 fully saturated rings. The fourth-order valence-corrected chi connectivity index (χ4v) is 1.82. The Morgan fingerprint density at radius 1 is 1.22 bits per heavy atom. The summed E-state index contributed by atoms with van der Waals surface area (Å²) in [5, 5.41) is 3.49. The van der Waals surface area contributed by atoms with Crippen molar-refractivity contribution in [1.29, 1.82) is 0 Å². The van der Waals surface area contributed by atoms with E-state index < -0.39 is 0 Å². The van der Waals surface area contributed by atoms with Crippen molar-refractivity contribution in [2.45, 2.75) is 25.4 Å². The lowest BCUT2D eigenvalue weighted by Gasteiger charge is -2.17. The Morgan fingerprint density at radius 3 is 2.50 bits per heavy atom. The Bertz CT molecular complexity index is 314. The number of nitrogens with two attached hydrogens (primary N) is 1. The van der Waals surface area contributed by atoms with Crippen molar-refractivity contribution in [3.63, 3.8) is 0 Å². The standard InChI is InChI=1S/C14H24N2O2/c1-17-11-13(4-3-9-15)16-10-12-5-7-14(18-2)8-6-12/h5-8,13,16H,3-4,9-11,15H2,1-2H3. The van der Waals surface area contributed by atoms with Crippen LogP contribution in [-0.2, 0) is 11.3 Å². The summed E-state index contributed by atoms with van der Waals surface area (Å²) < 4.78 is 10.3. The third-order valence-electron chi connectivity index (χ3n) is 2.88. The SMILES string of the molecule is COCC(CCCN)NCc1ccc(OC)cc1. The van der Waals surface area contributed by atoms with E-state index in [2.05, 4.69) is 17.4 Å². The van der Waals surface area contributed by atoms with Gasteiger partial charge in [-0.2, -0.15) is 0 Å². The number of nitrogens with one attached hydrogen (secondary N) is 1. The molecule has 0 heterocycles. The highest BCUT2D eigenvalue weighted by Crippen LogP contribution is 2.11. The number of rotatable bonds is 9. The van der Waals surface area contributed by atoms with E-state index in [1.807, 2.05) is 12.1 Å². The molecule has 102 valence electrons. The number of hydrogen-bond donors (Lipinski definition) is 2. The van der Waals surface area contributed by atoms with E-state index in [0.717, 1.165) is 38.3 Å². The van der Waals surface area contributed by atoms with Gasteiger partial charge in [0.1, 0.15) is 5.75 Å². The highest BCUT2D eigenvalue weighted by atomic mass is 16.5. The molecule has 4 heteroatoms. The molecule has 0 saturated carbocycles. The molecule has 0 aromatic heterocycles.